The van der Waals surface area contributed by atoms with Gasteiger partial charge < -0.3 is 15.0 Å². The molecular formula is C23H27N3O2. The number of hydrogen-bond donors (Lipinski definition) is 2. The van der Waals surface area contributed by atoms with Gasteiger partial charge in [-0.1, -0.05) is 30.3 Å². The van der Waals surface area contributed by atoms with Crippen LogP contribution >= 0.6 is 0 Å². The Balaban J connectivity index is 1.56. The number of ether oxygens (including phenoxy) is 1. The lowest BCUT2D eigenvalue weighted by molar-refractivity contribution is -0.122. The van der Waals surface area contributed by atoms with Crippen LogP contribution in [0.5, 0.6) is 5.75 Å². The number of hydrogen-bond acceptors (Lipinski definition) is 3. The molecule has 0 bridgehead atoms. The molecule has 5 heteroatoms. The van der Waals surface area contributed by atoms with Crippen molar-refractivity contribution < 1.29 is 9.53 Å². The van der Waals surface area contributed by atoms with Gasteiger partial charge in [0.25, 0.3) is 0 Å². The molecule has 4 rings (SSSR count). The number of rotatable bonds is 7. The zero-order chi connectivity index (χ0) is 19.3. The van der Waals surface area contributed by atoms with Gasteiger partial charge in [-0.05, 0) is 55.3 Å². The number of carbonyl (C=O) groups excluding carboxylic acids is 1. The number of nitrogens with zero attached hydrogens (tertiary/aromatic N) is 1. The number of benzene rings is 2. The summed E-state index contributed by atoms with van der Waals surface area (Å²) in [5, 5.41) is 4.36. The molecule has 3 aromatic rings. The number of nitrogens with one attached hydrogen (secondary N) is 2. The summed E-state index contributed by atoms with van der Waals surface area (Å²) in [6, 6.07) is 16.4. The predicted octanol–water partition coefficient (Wildman–Crippen LogP) is 3.52. The van der Waals surface area contributed by atoms with E-state index in [0.29, 0.717) is 13.1 Å². The number of aromatic nitrogens is 1. The van der Waals surface area contributed by atoms with E-state index in [9.17, 15) is 4.79 Å². The minimum atomic E-state index is 0.0737. The fourth-order valence-corrected chi connectivity index (χ4v) is 4.04. The minimum Gasteiger partial charge on any atom is -0.497 e. The average molecular weight is 377 g/mol. The topological polar surface area (TPSA) is 57.4 Å². The maximum atomic E-state index is 12.5. The van der Waals surface area contributed by atoms with Crippen molar-refractivity contribution in [2.45, 2.75) is 18.8 Å². The van der Waals surface area contributed by atoms with Gasteiger partial charge >= 0.3 is 0 Å². The first-order chi connectivity index (χ1) is 13.7. The van der Waals surface area contributed by atoms with Crippen LogP contribution in [0.15, 0.2) is 54.7 Å². The molecule has 1 unspecified atom stereocenters. The minimum absolute atomic E-state index is 0.0737. The number of H-pyrrole nitrogens is 1. The van der Waals surface area contributed by atoms with Crippen molar-refractivity contribution >= 4 is 16.8 Å². The van der Waals surface area contributed by atoms with Crippen molar-refractivity contribution in [2.75, 3.05) is 33.3 Å². The summed E-state index contributed by atoms with van der Waals surface area (Å²) in [6.45, 7) is 3.11. The second kappa shape index (κ2) is 8.48. The van der Waals surface area contributed by atoms with E-state index in [2.05, 4.69) is 51.7 Å². The first kappa shape index (κ1) is 18.6. The third-order valence-corrected chi connectivity index (χ3v) is 5.58. The van der Waals surface area contributed by atoms with Crippen molar-refractivity contribution in [3.63, 3.8) is 0 Å². The average Bonchev–Trinajstić information content (AvgIpc) is 3.39. The summed E-state index contributed by atoms with van der Waals surface area (Å²) in [6.07, 6.45) is 4.44. The number of aromatic amines is 1. The lowest BCUT2D eigenvalue weighted by Gasteiger charge is -2.20. The second-order valence-corrected chi connectivity index (χ2v) is 7.40. The van der Waals surface area contributed by atoms with Crippen LogP contribution in [-0.2, 0) is 4.79 Å². The van der Waals surface area contributed by atoms with E-state index in [0.717, 1.165) is 29.9 Å². The zero-order valence-electron chi connectivity index (χ0n) is 16.3. The highest BCUT2D eigenvalue weighted by molar-refractivity contribution is 5.84. The molecule has 5 nitrogen and oxygen atoms in total. The number of para-hydroxylation sites is 1. The number of methoxy groups -OCH3 is 1. The molecule has 1 atom stereocenters. The normalized spacial score (nSPS) is 15.6. The van der Waals surface area contributed by atoms with Gasteiger partial charge in [0.15, 0.2) is 0 Å². The monoisotopic (exact) mass is 377 g/mol. The number of likely N-dealkylation sites (tertiary alicyclic amines) is 1. The van der Waals surface area contributed by atoms with Gasteiger partial charge in [-0.15, -0.1) is 0 Å². The van der Waals surface area contributed by atoms with Crippen LogP contribution in [0.25, 0.3) is 10.9 Å². The van der Waals surface area contributed by atoms with Crippen LogP contribution in [-0.4, -0.2) is 49.1 Å². The molecule has 1 fully saturated rings. The first-order valence-corrected chi connectivity index (χ1v) is 9.93. The highest BCUT2D eigenvalue weighted by atomic mass is 16.5. The lowest BCUT2D eigenvalue weighted by Crippen LogP contribution is -2.37. The van der Waals surface area contributed by atoms with Crippen LogP contribution in [0, 0.1) is 0 Å². The molecule has 2 N–H and O–H groups in total. The standard InChI is InChI=1S/C23H27N3O2/c1-28-18-10-8-17(9-11-18)20(14-25-23(27)16-26-12-4-5-13-26)21-15-24-22-7-3-2-6-19(21)22/h2-3,6-11,15,20,24H,4-5,12-14,16H2,1H3,(H,25,27). The fourth-order valence-electron chi connectivity index (χ4n) is 4.04. The van der Waals surface area contributed by atoms with Crippen molar-refractivity contribution in [1.29, 1.82) is 0 Å². The van der Waals surface area contributed by atoms with E-state index >= 15 is 0 Å². The van der Waals surface area contributed by atoms with Crippen LogP contribution in [0.1, 0.15) is 29.9 Å². The van der Waals surface area contributed by atoms with Gasteiger partial charge in [0, 0.05) is 29.6 Å². The highest BCUT2D eigenvalue weighted by Gasteiger charge is 2.20. The second-order valence-electron chi connectivity index (χ2n) is 7.40. The van der Waals surface area contributed by atoms with E-state index in [1.165, 1.54) is 23.8 Å². The van der Waals surface area contributed by atoms with E-state index in [1.807, 2.05) is 18.2 Å². The maximum Gasteiger partial charge on any atom is 0.234 e. The van der Waals surface area contributed by atoms with Gasteiger partial charge in [-0.2, -0.15) is 0 Å². The van der Waals surface area contributed by atoms with E-state index in [-0.39, 0.29) is 11.8 Å². The Morgan fingerprint density at radius 3 is 2.64 bits per heavy atom. The molecule has 1 amide bonds. The molecular weight excluding hydrogens is 350 g/mol. The van der Waals surface area contributed by atoms with Gasteiger partial charge in [-0.3, -0.25) is 9.69 Å². The number of carbonyl (C=O) groups is 1. The van der Waals surface area contributed by atoms with Gasteiger partial charge in [0.05, 0.1) is 13.7 Å². The Morgan fingerprint density at radius 2 is 1.89 bits per heavy atom. The first-order valence-electron chi connectivity index (χ1n) is 9.93. The molecule has 1 aliphatic heterocycles. The Hall–Kier alpha value is -2.79. The zero-order valence-corrected chi connectivity index (χ0v) is 16.3. The van der Waals surface area contributed by atoms with E-state index < -0.39 is 0 Å². The predicted molar refractivity (Wildman–Crippen MR) is 112 cm³/mol. The van der Waals surface area contributed by atoms with Crippen molar-refractivity contribution in [3.8, 4) is 5.75 Å². The summed E-state index contributed by atoms with van der Waals surface area (Å²) in [5.41, 5.74) is 3.47. The lowest BCUT2D eigenvalue weighted by atomic mass is 9.90. The Morgan fingerprint density at radius 1 is 1.14 bits per heavy atom. The largest absolute Gasteiger partial charge is 0.497 e. The molecule has 0 radical (unpaired) electrons. The Labute approximate surface area is 165 Å². The van der Waals surface area contributed by atoms with Crippen LogP contribution in [0.2, 0.25) is 0 Å². The third-order valence-electron chi connectivity index (χ3n) is 5.58. The van der Waals surface area contributed by atoms with Gasteiger partial charge in [-0.25, -0.2) is 0 Å². The van der Waals surface area contributed by atoms with Crippen LogP contribution in [0.4, 0.5) is 0 Å². The van der Waals surface area contributed by atoms with Crippen molar-refractivity contribution in [1.82, 2.24) is 15.2 Å². The molecule has 1 aliphatic rings. The molecule has 1 aromatic heterocycles. The van der Waals surface area contributed by atoms with Crippen molar-refractivity contribution in [3.05, 3.63) is 65.9 Å². The molecule has 2 heterocycles. The highest BCUT2D eigenvalue weighted by Crippen LogP contribution is 2.31. The summed E-state index contributed by atoms with van der Waals surface area (Å²) < 4.78 is 5.30. The third kappa shape index (κ3) is 4.04. The quantitative estimate of drug-likeness (QED) is 0.662. The summed E-state index contributed by atoms with van der Waals surface area (Å²) in [5.74, 6) is 1.00. The molecule has 146 valence electrons. The molecule has 2 aromatic carbocycles. The van der Waals surface area contributed by atoms with Crippen LogP contribution in [0.3, 0.4) is 0 Å². The Kier molecular flexibility index (Phi) is 5.63. The van der Waals surface area contributed by atoms with Gasteiger partial charge in [0.1, 0.15) is 5.75 Å². The van der Waals surface area contributed by atoms with Crippen molar-refractivity contribution in [2.24, 2.45) is 0 Å². The maximum absolute atomic E-state index is 12.5. The summed E-state index contributed by atoms with van der Waals surface area (Å²) >= 11 is 0. The molecule has 0 saturated carbocycles. The van der Waals surface area contributed by atoms with E-state index in [1.54, 1.807) is 7.11 Å². The molecule has 0 aliphatic carbocycles. The molecule has 1 saturated heterocycles. The fraction of sp³-hybridized carbons (Fsp3) is 0.348. The smallest absolute Gasteiger partial charge is 0.234 e. The number of amides is 1. The Bertz CT molecular complexity index is 926. The van der Waals surface area contributed by atoms with Crippen LogP contribution < -0.4 is 10.1 Å². The van der Waals surface area contributed by atoms with Gasteiger partial charge in [0.2, 0.25) is 5.91 Å². The summed E-state index contributed by atoms with van der Waals surface area (Å²) in [4.78, 5) is 18.1. The molecule has 0 spiro atoms. The molecule has 28 heavy (non-hydrogen) atoms. The number of fused-ring (bicyclic) bond motifs is 1. The van der Waals surface area contributed by atoms with E-state index in [4.69, 9.17) is 4.74 Å². The SMILES string of the molecule is COc1ccc(C(CNC(=O)CN2CCCC2)c2c[nH]c3ccccc23)cc1. The summed E-state index contributed by atoms with van der Waals surface area (Å²) in [7, 11) is 1.67.